The lowest BCUT2D eigenvalue weighted by Crippen LogP contribution is -2.53. The van der Waals surface area contributed by atoms with E-state index in [-0.39, 0.29) is 0 Å². The zero-order chi connectivity index (χ0) is 13.7. The maximum Gasteiger partial charge on any atom is 0.416 e. The van der Waals surface area contributed by atoms with E-state index in [4.69, 9.17) is 0 Å². The third-order valence-corrected chi connectivity index (χ3v) is 4.38. The molecule has 4 heteroatoms. The van der Waals surface area contributed by atoms with Crippen molar-refractivity contribution in [2.75, 3.05) is 0 Å². The summed E-state index contributed by atoms with van der Waals surface area (Å²) < 4.78 is 39.5. The van der Waals surface area contributed by atoms with Crippen molar-refractivity contribution >= 4 is 0 Å². The van der Waals surface area contributed by atoms with Gasteiger partial charge in [0.25, 0.3) is 0 Å². The predicted octanol–water partition coefficient (Wildman–Crippen LogP) is 4.21. The number of halogens is 3. The van der Waals surface area contributed by atoms with Gasteiger partial charge < -0.3 is 5.32 Å². The monoisotopic (exact) mass is 267 g/mol. The zero-order valence-electron chi connectivity index (χ0n) is 10.7. The second kappa shape index (κ2) is 4.02. The largest absolute Gasteiger partial charge is 0.416 e. The fourth-order valence-corrected chi connectivity index (χ4v) is 3.41. The first kappa shape index (κ1) is 12.6. The molecule has 0 aromatic heterocycles. The predicted molar refractivity (Wildman–Crippen MR) is 67.4 cm³/mol. The van der Waals surface area contributed by atoms with Crippen LogP contribution in [0.25, 0.3) is 0 Å². The number of fused-ring (bicyclic) bond motifs is 1. The lowest BCUT2D eigenvalue weighted by molar-refractivity contribution is -0.139. The van der Waals surface area contributed by atoms with Gasteiger partial charge in [-0.3, -0.25) is 0 Å². The fourth-order valence-electron chi connectivity index (χ4n) is 3.41. The Balaban J connectivity index is 2.11. The molecule has 1 heterocycles. The van der Waals surface area contributed by atoms with Crippen LogP contribution in [-0.4, -0.2) is 0 Å². The molecule has 0 saturated heterocycles. The van der Waals surface area contributed by atoms with E-state index in [1.807, 2.05) is 6.20 Å². The summed E-state index contributed by atoms with van der Waals surface area (Å²) in [5.41, 5.74) is 0.410. The number of nitrogens with one attached hydrogen (secondary N) is 1. The number of benzene rings is 1. The highest BCUT2D eigenvalue weighted by atomic mass is 19.4. The van der Waals surface area contributed by atoms with Gasteiger partial charge >= 0.3 is 6.18 Å². The zero-order valence-corrected chi connectivity index (χ0v) is 10.7. The van der Waals surface area contributed by atoms with Gasteiger partial charge in [-0.1, -0.05) is 25.1 Å². The molecule has 19 heavy (non-hydrogen) atoms. The minimum absolute atomic E-state index is 0.358. The molecule has 102 valence electrons. The highest BCUT2D eigenvalue weighted by Crippen LogP contribution is 2.51. The SMILES string of the molecule is C[C@@H]1CCC[C@]2(c3ccccc3C(F)(F)F)NC=C12. The minimum Gasteiger partial charge on any atom is -0.378 e. The molecule has 0 radical (unpaired) electrons. The second-order valence-electron chi connectivity index (χ2n) is 5.49. The summed E-state index contributed by atoms with van der Waals surface area (Å²) in [6.07, 6.45) is 0.350. The highest BCUT2D eigenvalue weighted by molar-refractivity contribution is 5.48. The Bertz CT molecular complexity index is 532. The maximum atomic E-state index is 13.2. The maximum absolute atomic E-state index is 13.2. The van der Waals surface area contributed by atoms with E-state index in [2.05, 4.69) is 12.2 Å². The van der Waals surface area contributed by atoms with Gasteiger partial charge in [0.2, 0.25) is 0 Å². The van der Waals surface area contributed by atoms with Crippen molar-refractivity contribution in [1.82, 2.24) is 5.32 Å². The molecule has 0 unspecified atom stereocenters. The Hall–Kier alpha value is -1.45. The molecule has 1 aliphatic carbocycles. The minimum atomic E-state index is -4.30. The van der Waals surface area contributed by atoms with Crippen molar-refractivity contribution in [3.05, 3.63) is 47.2 Å². The number of hydrogen-bond acceptors (Lipinski definition) is 1. The van der Waals surface area contributed by atoms with Crippen LogP contribution < -0.4 is 5.32 Å². The molecule has 0 amide bonds. The fraction of sp³-hybridized carbons (Fsp3) is 0.467. The summed E-state index contributed by atoms with van der Waals surface area (Å²) in [5, 5.41) is 3.16. The Morgan fingerprint density at radius 2 is 2.00 bits per heavy atom. The molecule has 1 fully saturated rings. The highest BCUT2D eigenvalue weighted by Gasteiger charge is 2.49. The van der Waals surface area contributed by atoms with E-state index < -0.39 is 17.3 Å². The molecule has 1 N–H and O–H groups in total. The molecular weight excluding hydrogens is 251 g/mol. The van der Waals surface area contributed by atoms with Gasteiger partial charge in [0, 0.05) is 0 Å². The number of hydrogen-bond donors (Lipinski definition) is 1. The molecule has 1 aliphatic heterocycles. The first-order valence-corrected chi connectivity index (χ1v) is 6.60. The van der Waals surface area contributed by atoms with E-state index in [1.165, 1.54) is 12.1 Å². The van der Waals surface area contributed by atoms with Crippen molar-refractivity contribution in [2.24, 2.45) is 5.92 Å². The summed E-state index contributed by atoms with van der Waals surface area (Å²) in [6.45, 7) is 2.09. The van der Waals surface area contributed by atoms with Crippen molar-refractivity contribution in [1.29, 1.82) is 0 Å². The molecule has 1 saturated carbocycles. The standard InChI is InChI=1S/C15H16F3N/c1-10-5-4-8-14(13(10)9-19-14)11-6-2-3-7-12(11)15(16,17)18/h2-3,6-7,9-10,19H,4-5,8H2,1H3/t10-,14-/m1/s1. The molecule has 1 nitrogen and oxygen atoms in total. The van der Waals surface area contributed by atoms with Crippen LogP contribution >= 0.6 is 0 Å². The third-order valence-electron chi connectivity index (χ3n) is 4.38. The van der Waals surface area contributed by atoms with Gasteiger partial charge in [0.05, 0.1) is 11.1 Å². The molecule has 0 spiro atoms. The van der Waals surface area contributed by atoms with Gasteiger partial charge in [0.15, 0.2) is 0 Å². The van der Waals surface area contributed by atoms with E-state index >= 15 is 0 Å². The molecule has 2 atom stereocenters. The van der Waals surface area contributed by atoms with Crippen LogP contribution in [0.15, 0.2) is 36.0 Å². The summed E-state index contributed by atoms with van der Waals surface area (Å²) >= 11 is 0. The molecule has 2 aliphatic rings. The molecule has 0 bridgehead atoms. The van der Waals surface area contributed by atoms with Gasteiger partial charge in [-0.25, -0.2) is 0 Å². The molecule has 1 aromatic carbocycles. The topological polar surface area (TPSA) is 12.0 Å². The van der Waals surface area contributed by atoms with Crippen LogP contribution in [-0.2, 0) is 11.7 Å². The third kappa shape index (κ3) is 1.77. The average molecular weight is 267 g/mol. The summed E-state index contributed by atoms with van der Waals surface area (Å²) in [4.78, 5) is 0. The van der Waals surface area contributed by atoms with E-state index in [1.54, 1.807) is 12.1 Å². The van der Waals surface area contributed by atoms with Crippen molar-refractivity contribution < 1.29 is 13.2 Å². The first-order chi connectivity index (χ1) is 8.95. The second-order valence-corrected chi connectivity index (χ2v) is 5.49. The van der Waals surface area contributed by atoms with Crippen LogP contribution in [0.3, 0.4) is 0 Å². The number of alkyl halides is 3. The molecule has 3 rings (SSSR count). The van der Waals surface area contributed by atoms with Gasteiger partial charge in [0.1, 0.15) is 0 Å². The van der Waals surface area contributed by atoms with Gasteiger partial charge in [-0.2, -0.15) is 13.2 Å². The Morgan fingerprint density at radius 3 is 2.63 bits per heavy atom. The summed E-state index contributed by atoms with van der Waals surface area (Å²) in [6, 6.07) is 5.94. The summed E-state index contributed by atoms with van der Waals surface area (Å²) in [5.74, 6) is 0.358. The Kier molecular flexibility index (Phi) is 2.66. The van der Waals surface area contributed by atoms with Crippen molar-refractivity contribution in [2.45, 2.75) is 37.9 Å². The van der Waals surface area contributed by atoms with Crippen LogP contribution in [0.1, 0.15) is 37.3 Å². The van der Waals surface area contributed by atoms with Crippen LogP contribution in [0, 0.1) is 5.92 Å². The van der Waals surface area contributed by atoms with Gasteiger partial charge in [-0.15, -0.1) is 0 Å². The summed E-state index contributed by atoms with van der Waals surface area (Å²) in [7, 11) is 0. The van der Waals surface area contributed by atoms with Crippen LogP contribution in [0.4, 0.5) is 13.2 Å². The molecule has 1 aromatic rings. The normalized spacial score (nSPS) is 29.9. The average Bonchev–Trinajstić information content (AvgIpc) is 2.31. The van der Waals surface area contributed by atoms with Crippen LogP contribution in [0.5, 0.6) is 0 Å². The van der Waals surface area contributed by atoms with Crippen molar-refractivity contribution in [3.8, 4) is 0 Å². The quantitative estimate of drug-likeness (QED) is 0.803. The molecular formula is C15H16F3N. The van der Waals surface area contributed by atoms with E-state index in [0.717, 1.165) is 24.8 Å². The van der Waals surface area contributed by atoms with Crippen molar-refractivity contribution in [3.63, 3.8) is 0 Å². The first-order valence-electron chi connectivity index (χ1n) is 6.60. The van der Waals surface area contributed by atoms with E-state index in [9.17, 15) is 13.2 Å². The van der Waals surface area contributed by atoms with Gasteiger partial charge in [-0.05, 0) is 48.6 Å². The lowest BCUT2D eigenvalue weighted by atomic mass is 9.64. The number of rotatable bonds is 1. The lowest BCUT2D eigenvalue weighted by Gasteiger charge is -2.50. The van der Waals surface area contributed by atoms with Crippen LogP contribution in [0.2, 0.25) is 0 Å². The Labute approximate surface area is 110 Å². The Morgan fingerprint density at radius 1 is 1.26 bits per heavy atom. The van der Waals surface area contributed by atoms with E-state index in [0.29, 0.717) is 11.5 Å². The smallest absolute Gasteiger partial charge is 0.378 e.